The second-order valence-electron chi connectivity index (χ2n) is 6.31. The summed E-state index contributed by atoms with van der Waals surface area (Å²) in [6, 6.07) is 0. The molecule has 0 aromatic carbocycles. The molecule has 0 spiro atoms. The van der Waals surface area contributed by atoms with Crippen LogP contribution in [0.3, 0.4) is 0 Å². The lowest BCUT2D eigenvalue weighted by atomic mass is 9.65. The molecule has 0 aromatic heterocycles. The van der Waals surface area contributed by atoms with Gasteiger partial charge in [0.1, 0.15) is 13.1 Å². The average Bonchev–Trinajstić information content (AvgIpc) is 2.96. The van der Waals surface area contributed by atoms with E-state index in [1.807, 2.05) is 13.8 Å². The number of carbonyl (C=O) groups is 2. The predicted molar refractivity (Wildman–Crippen MR) is 65.4 cm³/mol. The van der Waals surface area contributed by atoms with Gasteiger partial charge in [0.2, 0.25) is 0 Å². The van der Waals surface area contributed by atoms with E-state index >= 15 is 0 Å². The number of hydrogen-bond donors (Lipinski definition) is 1. The quantitative estimate of drug-likeness (QED) is 0.591. The Kier molecular flexibility index (Phi) is 3.41. The first-order valence-corrected chi connectivity index (χ1v) is 6.22. The number of rotatable bonds is 5. The van der Waals surface area contributed by atoms with Crippen LogP contribution >= 0.6 is 0 Å². The van der Waals surface area contributed by atoms with Crippen LogP contribution in [0.25, 0.3) is 0 Å². The molecule has 4 heteroatoms. The van der Waals surface area contributed by atoms with Crippen molar-refractivity contribution in [2.24, 2.45) is 10.8 Å². The van der Waals surface area contributed by atoms with E-state index in [9.17, 15) is 9.59 Å². The Morgan fingerprint density at radius 3 is 1.94 bits per heavy atom. The maximum Gasteiger partial charge on any atom is 0.359 e. The fourth-order valence-corrected chi connectivity index (χ4v) is 2.14. The summed E-state index contributed by atoms with van der Waals surface area (Å²) in [6.07, 6.45) is 0.902. The molecule has 1 N–H and O–H groups in total. The number of carboxylic acid groups (broad SMARTS) is 1. The van der Waals surface area contributed by atoms with Gasteiger partial charge in [0, 0.05) is 0 Å². The summed E-state index contributed by atoms with van der Waals surface area (Å²) >= 11 is 0. The van der Waals surface area contributed by atoms with E-state index in [4.69, 9.17) is 5.11 Å². The van der Waals surface area contributed by atoms with Gasteiger partial charge in [0.15, 0.2) is 6.54 Å². The maximum atomic E-state index is 12.6. The van der Waals surface area contributed by atoms with Crippen molar-refractivity contribution in [3.63, 3.8) is 0 Å². The number of nitrogens with zero attached hydrogens (tertiary/aromatic N) is 1. The second-order valence-corrected chi connectivity index (χ2v) is 6.31. The Balaban J connectivity index is 2.93. The Morgan fingerprint density at radius 2 is 1.65 bits per heavy atom. The van der Waals surface area contributed by atoms with Crippen LogP contribution in [0.15, 0.2) is 0 Å². The summed E-state index contributed by atoms with van der Waals surface area (Å²) < 4.78 is 0.131. The number of aliphatic carboxylic acids is 1. The molecule has 98 valence electrons. The van der Waals surface area contributed by atoms with E-state index in [1.165, 1.54) is 0 Å². The van der Waals surface area contributed by atoms with Gasteiger partial charge in [-0.25, -0.2) is 14.1 Å². The highest BCUT2D eigenvalue weighted by atomic mass is 16.4. The summed E-state index contributed by atoms with van der Waals surface area (Å²) in [5.41, 5.74) is -0.607. The first kappa shape index (κ1) is 14.2. The Hall–Kier alpha value is -0.900. The third-order valence-corrected chi connectivity index (χ3v) is 4.74. The van der Waals surface area contributed by atoms with Crippen molar-refractivity contribution in [3.8, 4) is 0 Å². The van der Waals surface area contributed by atoms with Crippen molar-refractivity contribution in [2.45, 2.75) is 41.0 Å². The average molecular weight is 242 g/mol. The van der Waals surface area contributed by atoms with Crippen LogP contribution in [0.1, 0.15) is 41.0 Å². The number of amides is 1. The number of carboxylic acids is 1. The highest BCUT2D eigenvalue weighted by Gasteiger charge is 2.59. The van der Waals surface area contributed by atoms with Gasteiger partial charge in [-0.15, -0.1) is 0 Å². The molecule has 0 atom stereocenters. The molecule has 0 radical (unpaired) electrons. The van der Waals surface area contributed by atoms with E-state index in [0.29, 0.717) is 13.1 Å². The highest BCUT2D eigenvalue weighted by molar-refractivity contribution is 5.80. The minimum atomic E-state index is -0.888. The SMILES string of the molecule is CCC(C)(C)C(C)(C)C(=O)[N+]1(CC(=O)O)CC1. The minimum absolute atomic E-state index is 0.0674. The molecule has 0 aliphatic carbocycles. The van der Waals surface area contributed by atoms with E-state index < -0.39 is 11.4 Å². The molecule has 0 bridgehead atoms. The van der Waals surface area contributed by atoms with Crippen molar-refractivity contribution in [2.75, 3.05) is 19.6 Å². The molecule has 1 rings (SSSR count). The van der Waals surface area contributed by atoms with Crippen LogP contribution in [0.4, 0.5) is 0 Å². The lowest BCUT2D eigenvalue weighted by molar-refractivity contribution is -0.715. The molecule has 4 nitrogen and oxygen atoms in total. The zero-order chi connectivity index (χ0) is 13.5. The van der Waals surface area contributed by atoms with Crippen molar-refractivity contribution in [3.05, 3.63) is 0 Å². The summed E-state index contributed by atoms with van der Waals surface area (Å²) in [5, 5.41) is 8.90. The fourth-order valence-electron chi connectivity index (χ4n) is 2.14. The monoisotopic (exact) mass is 242 g/mol. The lowest BCUT2D eigenvalue weighted by Crippen LogP contribution is -2.51. The Morgan fingerprint density at radius 1 is 1.18 bits per heavy atom. The van der Waals surface area contributed by atoms with E-state index in [-0.39, 0.29) is 22.3 Å². The van der Waals surface area contributed by atoms with Gasteiger partial charge in [0.25, 0.3) is 0 Å². The van der Waals surface area contributed by atoms with Gasteiger partial charge in [-0.05, 0) is 25.7 Å². The molecule has 1 heterocycles. The van der Waals surface area contributed by atoms with Crippen molar-refractivity contribution < 1.29 is 19.2 Å². The van der Waals surface area contributed by atoms with Crippen LogP contribution < -0.4 is 0 Å². The van der Waals surface area contributed by atoms with E-state index in [0.717, 1.165) is 6.42 Å². The molecule has 0 saturated carbocycles. The van der Waals surface area contributed by atoms with E-state index in [1.54, 1.807) is 0 Å². The van der Waals surface area contributed by atoms with Gasteiger partial charge in [-0.1, -0.05) is 20.8 Å². The number of carbonyl (C=O) groups excluding carboxylic acids is 1. The molecular weight excluding hydrogens is 218 g/mol. The lowest BCUT2D eigenvalue weighted by Gasteiger charge is -2.39. The smallest absolute Gasteiger partial charge is 0.359 e. The van der Waals surface area contributed by atoms with Crippen LogP contribution in [-0.2, 0) is 9.59 Å². The molecule has 1 amide bonds. The zero-order valence-corrected chi connectivity index (χ0v) is 11.5. The Bertz CT molecular complexity index is 341. The largest absolute Gasteiger partial charge is 0.477 e. The van der Waals surface area contributed by atoms with Crippen LogP contribution in [-0.4, -0.2) is 41.1 Å². The standard InChI is InChI=1S/C13H23NO3/c1-6-12(2,3)13(4,5)11(17)14(7-8-14)9-10(15)16/h6-9H2,1-5H3/p+1. The molecule has 17 heavy (non-hydrogen) atoms. The maximum absolute atomic E-state index is 12.6. The predicted octanol–water partition coefficient (Wildman–Crippen LogP) is 1.89. The summed E-state index contributed by atoms with van der Waals surface area (Å²) in [5.74, 6) is -0.812. The minimum Gasteiger partial charge on any atom is -0.477 e. The second kappa shape index (κ2) is 4.09. The normalized spacial score (nSPS) is 18.9. The zero-order valence-electron chi connectivity index (χ0n) is 11.5. The third-order valence-electron chi connectivity index (χ3n) is 4.74. The van der Waals surface area contributed by atoms with Crippen molar-refractivity contribution >= 4 is 11.9 Å². The van der Waals surface area contributed by atoms with Gasteiger partial charge < -0.3 is 5.11 Å². The van der Waals surface area contributed by atoms with E-state index in [2.05, 4.69) is 20.8 Å². The summed E-state index contributed by atoms with van der Waals surface area (Å²) in [7, 11) is 0. The van der Waals surface area contributed by atoms with Crippen LogP contribution in [0.2, 0.25) is 0 Å². The number of hydrogen-bond acceptors (Lipinski definition) is 2. The Labute approximate surface area is 103 Å². The first-order valence-electron chi connectivity index (χ1n) is 6.22. The summed E-state index contributed by atoms with van der Waals surface area (Å²) in [6.45, 7) is 11.4. The molecule has 0 aromatic rings. The van der Waals surface area contributed by atoms with Crippen LogP contribution in [0.5, 0.6) is 0 Å². The third kappa shape index (κ3) is 2.37. The first-order chi connectivity index (χ1) is 7.59. The van der Waals surface area contributed by atoms with Crippen molar-refractivity contribution in [1.82, 2.24) is 0 Å². The number of quaternary nitrogens is 1. The molecule has 0 unspecified atom stereocenters. The summed E-state index contributed by atoms with van der Waals surface area (Å²) in [4.78, 5) is 23.4. The van der Waals surface area contributed by atoms with Gasteiger partial charge >= 0.3 is 11.9 Å². The van der Waals surface area contributed by atoms with Crippen molar-refractivity contribution in [1.29, 1.82) is 0 Å². The molecule has 1 saturated heterocycles. The molecular formula is C13H24NO3+. The topological polar surface area (TPSA) is 54.4 Å². The molecule has 1 fully saturated rings. The highest BCUT2D eigenvalue weighted by Crippen LogP contribution is 2.45. The molecule has 1 aliphatic rings. The van der Waals surface area contributed by atoms with Crippen LogP contribution in [0, 0.1) is 10.8 Å². The van der Waals surface area contributed by atoms with Gasteiger partial charge in [0.05, 0.1) is 5.41 Å². The van der Waals surface area contributed by atoms with Gasteiger partial charge in [-0.3, -0.25) is 0 Å². The van der Waals surface area contributed by atoms with Gasteiger partial charge in [-0.2, -0.15) is 0 Å². The molecule has 1 aliphatic heterocycles. The fraction of sp³-hybridized carbons (Fsp3) is 0.846.